The van der Waals surface area contributed by atoms with Crippen LogP contribution in [0.3, 0.4) is 0 Å². The summed E-state index contributed by atoms with van der Waals surface area (Å²) >= 11 is 0. The molecule has 0 radical (unpaired) electrons. The Hall–Kier alpha value is -2.43. The summed E-state index contributed by atoms with van der Waals surface area (Å²) in [5.41, 5.74) is 0.547. The van der Waals surface area contributed by atoms with Crippen LogP contribution in [0.15, 0.2) is 36.1 Å². The van der Waals surface area contributed by atoms with Crippen molar-refractivity contribution in [1.29, 1.82) is 5.41 Å². The lowest BCUT2D eigenvalue weighted by Crippen LogP contribution is -2.27. The van der Waals surface area contributed by atoms with E-state index < -0.39 is 11.6 Å². The van der Waals surface area contributed by atoms with Gasteiger partial charge in [-0.05, 0) is 20.8 Å². The van der Waals surface area contributed by atoms with E-state index in [1.54, 1.807) is 45.0 Å². The maximum absolute atomic E-state index is 12.2. The number of hydrogen-bond acceptors (Lipinski definition) is 5. The molecule has 110 valence electrons. The van der Waals surface area contributed by atoms with E-state index in [1.165, 1.54) is 6.08 Å². The van der Waals surface area contributed by atoms with Gasteiger partial charge in [-0.15, -0.1) is 0 Å². The smallest absolute Gasteiger partial charge is 0.344 e. The number of nitrogens with one attached hydrogen (secondary N) is 1. The van der Waals surface area contributed by atoms with Gasteiger partial charge in [0.25, 0.3) is 0 Å². The molecule has 21 heavy (non-hydrogen) atoms. The van der Waals surface area contributed by atoms with Crippen LogP contribution in [-0.4, -0.2) is 29.7 Å². The molecule has 1 aliphatic carbocycles. The second-order valence-corrected chi connectivity index (χ2v) is 5.67. The highest BCUT2D eigenvalue weighted by Gasteiger charge is 2.25. The molecule has 0 atom stereocenters. The number of Topliss-reactive ketones (excluding diaryl/α,β-unsaturated/α-hetero) is 1. The van der Waals surface area contributed by atoms with Crippen molar-refractivity contribution in [2.75, 3.05) is 6.61 Å². The summed E-state index contributed by atoms with van der Waals surface area (Å²) in [5, 5.41) is 7.90. The van der Waals surface area contributed by atoms with Crippen LogP contribution in [-0.2, 0) is 14.3 Å². The van der Waals surface area contributed by atoms with Gasteiger partial charge in [-0.2, -0.15) is 0 Å². The van der Waals surface area contributed by atoms with Gasteiger partial charge in [0.2, 0.25) is 5.78 Å². The summed E-state index contributed by atoms with van der Waals surface area (Å²) in [5.74, 6) is -0.892. The maximum Gasteiger partial charge on any atom is 0.344 e. The van der Waals surface area contributed by atoms with Crippen LogP contribution in [0.1, 0.15) is 36.7 Å². The molecule has 0 bridgehead atoms. The normalized spacial score (nSPS) is 14.3. The van der Waals surface area contributed by atoms with Crippen LogP contribution >= 0.6 is 0 Å². The molecule has 0 aliphatic heterocycles. The van der Waals surface area contributed by atoms with Gasteiger partial charge in [-0.25, -0.2) is 4.79 Å². The van der Waals surface area contributed by atoms with E-state index in [1.807, 2.05) is 0 Å². The molecule has 2 rings (SSSR count). The summed E-state index contributed by atoms with van der Waals surface area (Å²) in [6, 6.07) is 6.83. The molecule has 1 aliphatic rings. The Balaban J connectivity index is 2.08. The summed E-state index contributed by atoms with van der Waals surface area (Å²) < 4.78 is 10.3. The van der Waals surface area contributed by atoms with Gasteiger partial charge in [0.05, 0.1) is 5.71 Å². The highest BCUT2D eigenvalue weighted by molar-refractivity contribution is 6.24. The van der Waals surface area contributed by atoms with Crippen molar-refractivity contribution in [3.05, 3.63) is 47.2 Å². The van der Waals surface area contributed by atoms with Crippen LogP contribution in [0.5, 0.6) is 0 Å². The highest BCUT2D eigenvalue weighted by atomic mass is 16.6. The van der Waals surface area contributed by atoms with Crippen LogP contribution < -0.4 is 0 Å². The quantitative estimate of drug-likeness (QED) is 0.866. The fourth-order valence-electron chi connectivity index (χ4n) is 1.94. The molecular weight excluding hydrogens is 270 g/mol. The monoisotopic (exact) mass is 287 g/mol. The molecule has 1 aromatic rings. The van der Waals surface area contributed by atoms with Crippen molar-refractivity contribution >= 4 is 17.5 Å². The first-order chi connectivity index (χ1) is 9.78. The second kappa shape index (κ2) is 5.52. The minimum atomic E-state index is -0.606. The third-order valence-corrected chi connectivity index (χ3v) is 2.73. The van der Waals surface area contributed by atoms with Gasteiger partial charge in [-0.3, -0.25) is 4.79 Å². The van der Waals surface area contributed by atoms with Crippen molar-refractivity contribution < 1.29 is 19.1 Å². The van der Waals surface area contributed by atoms with Crippen molar-refractivity contribution in [2.45, 2.75) is 26.4 Å². The molecule has 0 fully saturated rings. The van der Waals surface area contributed by atoms with Crippen LogP contribution in [0.25, 0.3) is 0 Å². The van der Waals surface area contributed by atoms with Crippen molar-refractivity contribution in [1.82, 2.24) is 0 Å². The minimum Gasteiger partial charge on any atom is -0.478 e. The molecule has 1 aromatic carbocycles. The fraction of sp³-hybridized carbons (Fsp3) is 0.312. The summed E-state index contributed by atoms with van der Waals surface area (Å²) in [6.07, 6.45) is 1.33. The number of rotatable bonds is 3. The van der Waals surface area contributed by atoms with Crippen molar-refractivity contribution in [2.24, 2.45) is 0 Å². The number of ether oxygens (including phenoxy) is 2. The number of benzene rings is 1. The van der Waals surface area contributed by atoms with E-state index in [9.17, 15) is 9.59 Å². The molecule has 0 saturated carbocycles. The number of esters is 1. The zero-order valence-corrected chi connectivity index (χ0v) is 12.2. The first-order valence-electron chi connectivity index (χ1n) is 6.57. The summed E-state index contributed by atoms with van der Waals surface area (Å²) in [6.45, 7) is 4.90. The van der Waals surface area contributed by atoms with Gasteiger partial charge < -0.3 is 14.9 Å². The van der Waals surface area contributed by atoms with Crippen molar-refractivity contribution in [3.8, 4) is 0 Å². The third-order valence-electron chi connectivity index (χ3n) is 2.73. The van der Waals surface area contributed by atoms with E-state index in [0.29, 0.717) is 11.1 Å². The predicted octanol–water partition coefficient (Wildman–Crippen LogP) is 2.49. The molecular formula is C16H17NO4. The highest BCUT2D eigenvalue weighted by Crippen LogP contribution is 2.21. The summed E-state index contributed by atoms with van der Waals surface area (Å²) in [4.78, 5) is 23.8. The average molecular weight is 287 g/mol. The lowest BCUT2D eigenvalue weighted by atomic mass is 9.93. The Bertz CT molecular complexity index is 638. The van der Waals surface area contributed by atoms with Gasteiger partial charge in [0.1, 0.15) is 5.60 Å². The SMILES string of the molecule is CC(C)(C)OC(=O)COC1=CC(=N)c2ccccc2C1=O. The van der Waals surface area contributed by atoms with Crippen LogP contribution in [0.4, 0.5) is 0 Å². The topological polar surface area (TPSA) is 76.5 Å². The molecule has 1 N–H and O–H groups in total. The lowest BCUT2D eigenvalue weighted by Gasteiger charge is -2.20. The van der Waals surface area contributed by atoms with E-state index in [-0.39, 0.29) is 23.9 Å². The van der Waals surface area contributed by atoms with E-state index in [2.05, 4.69) is 0 Å². The predicted molar refractivity (Wildman–Crippen MR) is 77.5 cm³/mol. The molecule has 5 nitrogen and oxygen atoms in total. The molecule has 0 amide bonds. The lowest BCUT2D eigenvalue weighted by molar-refractivity contribution is -0.158. The molecule has 0 heterocycles. The maximum atomic E-state index is 12.2. The number of ketones is 1. The van der Waals surface area contributed by atoms with Gasteiger partial charge >= 0.3 is 5.97 Å². The zero-order chi connectivity index (χ0) is 15.6. The third kappa shape index (κ3) is 3.56. The second-order valence-electron chi connectivity index (χ2n) is 5.67. The molecule has 0 spiro atoms. The Morgan fingerprint density at radius 3 is 2.43 bits per heavy atom. The number of carbonyl (C=O) groups is 2. The zero-order valence-electron chi connectivity index (χ0n) is 12.2. The van der Waals surface area contributed by atoms with Gasteiger partial charge in [0.15, 0.2) is 12.4 Å². The Morgan fingerprint density at radius 1 is 1.19 bits per heavy atom. The Kier molecular flexibility index (Phi) is 3.93. The van der Waals surface area contributed by atoms with E-state index in [0.717, 1.165) is 0 Å². The van der Waals surface area contributed by atoms with E-state index in [4.69, 9.17) is 14.9 Å². The first-order valence-corrected chi connectivity index (χ1v) is 6.57. The molecule has 0 unspecified atom stereocenters. The molecule has 5 heteroatoms. The number of hydrogen-bond donors (Lipinski definition) is 1. The Morgan fingerprint density at radius 2 is 1.81 bits per heavy atom. The largest absolute Gasteiger partial charge is 0.478 e. The van der Waals surface area contributed by atoms with Gasteiger partial charge in [0, 0.05) is 17.2 Å². The van der Waals surface area contributed by atoms with Crippen molar-refractivity contribution in [3.63, 3.8) is 0 Å². The Labute approximate surface area is 123 Å². The van der Waals surface area contributed by atoms with Crippen LogP contribution in [0, 0.1) is 5.41 Å². The average Bonchev–Trinajstić information content (AvgIpc) is 2.39. The van der Waals surface area contributed by atoms with Gasteiger partial charge in [-0.1, -0.05) is 24.3 Å². The number of fused-ring (bicyclic) bond motifs is 1. The first kappa shape index (κ1) is 15.0. The minimum absolute atomic E-state index is 0.00967. The fourth-order valence-corrected chi connectivity index (χ4v) is 1.94. The summed E-state index contributed by atoms with van der Waals surface area (Å²) in [7, 11) is 0. The van der Waals surface area contributed by atoms with Crippen LogP contribution in [0.2, 0.25) is 0 Å². The number of carbonyl (C=O) groups excluding carboxylic acids is 2. The molecule has 0 saturated heterocycles. The van der Waals surface area contributed by atoms with E-state index >= 15 is 0 Å². The molecule has 0 aromatic heterocycles. The standard InChI is InChI=1S/C16H17NO4/c1-16(2,3)21-14(18)9-20-13-8-12(17)10-6-4-5-7-11(10)15(13)19/h4-8,17H,9H2,1-3H3. The number of allylic oxidation sites excluding steroid dienone is 2.